The summed E-state index contributed by atoms with van der Waals surface area (Å²) in [5.74, 6) is 0.898. The van der Waals surface area contributed by atoms with Crippen molar-refractivity contribution in [2.75, 3.05) is 32.2 Å². The number of anilines is 1. The molecule has 8 heteroatoms. The highest BCUT2D eigenvalue weighted by Gasteiger charge is 2.20. The highest BCUT2D eigenvalue weighted by Crippen LogP contribution is 2.28. The summed E-state index contributed by atoms with van der Waals surface area (Å²) in [6, 6.07) is 2.23. The maximum absolute atomic E-state index is 11.9. The molecular formula is C15H22N4O2S2. The van der Waals surface area contributed by atoms with Crippen LogP contribution in [0.5, 0.6) is 0 Å². The first kappa shape index (κ1) is 17.8. The number of aromatic nitrogens is 2. The minimum absolute atomic E-state index is 0.128. The maximum atomic E-state index is 11.9. The van der Waals surface area contributed by atoms with Crippen LogP contribution in [0.2, 0.25) is 0 Å². The van der Waals surface area contributed by atoms with Crippen molar-refractivity contribution in [3.63, 3.8) is 0 Å². The monoisotopic (exact) mass is 354 g/mol. The summed E-state index contributed by atoms with van der Waals surface area (Å²) < 4.78 is 23.8. The Balaban J connectivity index is 2.29. The van der Waals surface area contributed by atoms with Crippen molar-refractivity contribution in [3.05, 3.63) is 33.9 Å². The summed E-state index contributed by atoms with van der Waals surface area (Å²) in [6.45, 7) is 4.39. The van der Waals surface area contributed by atoms with E-state index in [9.17, 15) is 8.42 Å². The number of thiophene rings is 1. The van der Waals surface area contributed by atoms with Crippen molar-refractivity contribution in [1.29, 1.82) is 0 Å². The van der Waals surface area contributed by atoms with E-state index in [1.54, 1.807) is 18.3 Å². The van der Waals surface area contributed by atoms with E-state index in [1.165, 1.54) is 22.9 Å². The van der Waals surface area contributed by atoms with Crippen LogP contribution in [-0.2, 0) is 9.84 Å². The fourth-order valence-electron chi connectivity index (χ4n) is 2.29. The molecule has 0 aliphatic heterocycles. The van der Waals surface area contributed by atoms with Gasteiger partial charge in [-0.05, 0) is 45.0 Å². The number of hydrogen-bond acceptors (Lipinski definition) is 7. The summed E-state index contributed by atoms with van der Waals surface area (Å²) in [7, 11) is 0.637. The molecule has 0 aliphatic carbocycles. The van der Waals surface area contributed by atoms with Crippen molar-refractivity contribution >= 4 is 27.0 Å². The third-order valence-electron chi connectivity index (χ3n) is 3.57. The first-order valence-electron chi connectivity index (χ1n) is 7.18. The van der Waals surface area contributed by atoms with E-state index < -0.39 is 9.84 Å². The van der Waals surface area contributed by atoms with Crippen LogP contribution in [0.1, 0.15) is 22.3 Å². The number of rotatable bonds is 6. The molecule has 0 amide bonds. The molecule has 0 spiro atoms. The average Bonchev–Trinajstić information content (AvgIpc) is 2.83. The topological polar surface area (TPSA) is 75.2 Å². The molecule has 2 rings (SSSR count). The predicted molar refractivity (Wildman–Crippen MR) is 93.9 cm³/mol. The van der Waals surface area contributed by atoms with E-state index in [0.29, 0.717) is 18.2 Å². The molecule has 1 N–H and O–H groups in total. The van der Waals surface area contributed by atoms with E-state index in [4.69, 9.17) is 0 Å². The van der Waals surface area contributed by atoms with Gasteiger partial charge in [0, 0.05) is 17.7 Å². The Bertz CT molecular complexity index is 785. The van der Waals surface area contributed by atoms with Gasteiger partial charge in [0.25, 0.3) is 0 Å². The van der Waals surface area contributed by atoms with Crippen molar-refractivity contribution in [2.45, 2.75) is 24.8 Å². The molecule has 0 fully saturated rings. The van der Waals surface area contributed by atoms with Gasteiger partial charge in [0.15, 0.2) is 9.84 Å². The minimum atomic E-state index is -3.38. The van der Waals surface area contributed by atoms with Crippen LogP contribution in [0.3, 0.4) is 0 Å². The highest BCUT2D eigenvalue weighted by atomic mass is 32.2. The van der Waals surface area contributed by atoms with Crippen LogP contribution in [0.25, 0.3) is 0 Å². The molecule has 126 valence electrons. The lowest BCUT2D eigenvalue weighted by molar-refractivity contribution is 0.315. The lowest BCUT2D eigenvalue weighted by Crippen LogP contribution is -2.27. The third kappa shape index (κ3) is 4.27. The largest absolute Gasteiger partial charge is 0.367 e. The van der Waals surface area contributed by atoms with Crippen LogP contribution in [0.4, 0.5) is 5.82 Å². The Hall–Kier alpha value is -1.51. The SMILES string of the molecule is Cc1ncc(S(C)(=O)=O)c(NC[C@H](c2sccc2C)N(C)C)n1. The molecule has 0 aromatic carbocycles. The molecule has 0 unspecified atom stereocenters. The van der Waals surface area contributed by atoms with Crippen LogP contribution in [0.15, 0.2) is 22.5 Å². The molecule has 0 aliphatic rings. The number of sulfone groups is 1. The molecule has 2 aromatic rings. The van der Waals surface area contributed by atoms with E-state index in [1.807, 2.05) is 14.1 Å². The molecule has 0 radical (unpaired) electrons. The Morgan fingerprint density at radius 1 is 1.35 bits per heavy atom. The Morgan fingerprint density at radius 3 is 2.57 bits per heavy atom. The molecule has 23 heavy (non-hydrogen) atoms. The number of aryl methyl sites for hydroxylation is 2. The third-order valence-corrected chi connectivity index (χ3v) is 5.78. The Morgan fingerprint density at radius 2 is 2.04 bits per heavy atom. The zero-order valence-electron chi connectivity index (χ0n) is 14.0. The molecule has 0 bridgehead atoms. The van der Waals surface area contributed by atoms with Crippen molar-refractivity contribution in [3.8, 4) is 0 Å². The van der Waals surface area contributed by atoms with Crippen LogP contribution < -0.4 is 5.32 Å². The van der Waals surface area contributed by atoms with Crippen molar-refractivity contribution in [1.82, 2.24) is 14.9 Å². The van der Waals surface area contributed by atoms with Crippen LogP contribution >= 0.6 is 11.3 Å². The van der Waals surface area contributed by atoms with Gasteiger partial charge in [-0.2, -0.15) is 0 Å². The smallest absolute Gasteiger partial charge is 0.180 e. The Labute approximate surface area is 141 Å². The summed E-state index contributed by atoms with van der Waals surface area (Å²) in [5.41, 5.74) is 1.23. The summed E-state index contributed by atoms with van der Waals surface area (Å²) in [5, 5.41) is 5.26. The second-order valence-electron chi connectivity index (χ2n) is 5.73. The van der Waals surface area contributed by atoms with E-state index >= 15 is 0 Å². The maximum Gasteiger partial charge on any atom is 0.180 e. The van der Waals surface area contributed by atoms with Gasteiger partial charge in [0.1, 0.15) is 16.5 Å². The lowest BCUT2D eigenvalue weighted by atomic mass is 10.1. The van der Waals surface area contributed by atoms with Gasteiger partial charge in [0.2, 0.25) is 0 Å². The number of nitrogens with one attached hydrogen (secondary N) is 1. The van der Waals surface area contributed by atoms with E-state index in [0.717, 1.165) is 0 Å². The van der Waals surface area contributed by atoms with Crippen LogP contribution in [0, 0.1) is 13.8 Å². The standard InChI is InChI=1S/C15H22N4O2S2/c1-10-6-7-22-14(10)12(19(3)4)8-17-15-13(23(5,20)21)9-16-11(2)18-15/h6-7,9,12H,8H2,1-5H3,(H,16,17,18)/t12-/m1/s1. The molecule has 0 saturated heterocycles. The molecule has 6 nitrogen and oxygen atoms in total. The quantitative estimate of drug-likeness (QED) is 0.858. The van der Waals surface area contributed by atoms with Gasteiger partial charge in [-0.1, -0.05) is 0 Å². The van der Waals surface area contributed by atoms with E-state index in [2.05, 4.69) is 38.6 Å². The summed E-state index contributed by atoms with van der Waals surface area (Å²) in [4.78, 5) is 11.7. The number of nitrogens with zero attached hydrogens (tertiary/aromatic N) is 3. The average molecular weight is 355 g/mol. The molecular weight excluding hydrogens is 332 g/mol. The second kappa shape index (κ2) is 6.94. The van der Waals surface area contributed by atoms with Crippen LogP contribution in [-0.4, -0.2) is 50.2 Å². The first-order valence-corrected chi connectivity index (χ1v) is 9.95. The molecule has 2 aromatic heterocycles. The van der Waals surface area contributed by atoms with Gasteiger partial charge >= 0.3 is 0 Å². The summed E-state index contributed by atoms with van der Waals surface area (Å²) in [6.07, 6.45) is 2.53. The van der Waals surface area contributed by atoms with Gasteiger partial charge in [-0.25, -0.2) is 18.4 Å². The zero-order valence-corrected chi connectivity index (χ0v) is 15.6. The normalized spacial score (nSPS) is 13.3. The zero-order chi connectivity index (χ0) is 17.2. The molecule has 2 heterocycles. The Kier molecular flexibility index (Phi) is 5.38. The summed E-state index contributed by atoms with van der Waals surface area (Å²) >= 11 is 1.70. The molecule has 0 saturated carbocycles. The highest BCUT2D eigenvalue weighted by molar-refractivity contribution is 7.90. The van der Waals surface area contributed by atoms with Crippen molar-refractivity contribution < 1.29 is 8.42 Å². The fourth-order valence-corrected chi connectivity index (χ4v) is 4.12. The second-order valence-corrected chi connectivity index (χ2v) is 8.66. The number of hydrogen-bond donors (Lipinski definition) is 1. The minimum Gasteiger partial charge on any atom is -0.367 e. The van der Waals surface area contributed by atoms with Gasteiger partial charge in [0.05, 0.1) is 12.2 Å². The van der Waals surface area contributed by atoms with Gasteiger partial charge < -0.3 is 10.2 Å². The number of likely N-dealkylation sites (N-methyl/N-ethyl adjacent to an activating group) is 1. The predicted octanol–water partition coefficient (Wildman–Crippen LogP) is 2.27. The fraction of sp³-hybridized carbons (Fsp3) is 0.467. The van der Waals surface area contributed by atoms with Gasteiger partial charge in [-0.3, -0.25) is 0 Å². The first-order chi connectivity index (χ1) is 10.7. The van der Waals surface area contributed by atoms with Crippen molar-refractivity contribution in [2.24, 2.45) is 0 Å². The van der Waals surface area contributed by atoms with E-state index in [-0.39, 0.29) is 10.9 Å². The molecule has 1 atom stereocenters. The lowest BCUT2D eigenvalue weighted by Gasteiger charge is -2.25. The van der Waals surface area contributed by atoms with Gasteiger partial charge in [-0.15, -0.1) is 11.3 Å².